The SMILES string of the molecule is Cc1ccccc1N=Cc1ccccc1OCc1cccc2ccccc12. The van der Waals surface area contributed by atoms with Crippen molar-refractivity contribution in [1.29, 1.82) is 0 Å². The van der Waals surface area contributed by atoms with Gasteiger partial charge < -0.3 is 4.74 Å². The molecular weight excluding hydrogens is 330 g/mol. The van der Waals surface area contributed by atoms with Crippen molar-refractivity contribution in [2.24, 2.45) is 4.99 Å². The summed E-state index contributed by atoms with van der Waals surface area (Å²) in [7, 11) is 0. The van der Waals surface area contributed by atoms with E-state index in [1.165, 1.54) is 16.3 Å². The monoisotopic (exact) mass is 351 g/mol. The largest absolute Gasteiger partial charge is 0.488 e. The molecule has 0 aliphatic rings. The van der Waals surface area contributed by atoms with Crippen LogP contribution in [0.3, 0.4) is 0 Å². The molecule has 27 heavy (non-hydrogen) atoms. The molecule has 0 heterocycles. The molecular formula is C25H21NO. The third-order valence-electron chi connectivity index (χ3n) is 4.64. The molecule has 0 N–H and O–H groups in total. The van der Waals surface area contributed by atoms with E-state index in [1.807, 2.05) is 48.7 Å². The van der Waals surface area contributed by atoms with E-state index in [-0.39, 0.29) is 0 Å². The minimum Gasteiger partial charge on any atom is -0.488 e. The highest BCUT2D eigenvalue weighted by atomic mass is 16.5. The Labute approximate surface area is 159 Å². The average molecular weight is 351 g/mol. The van der Waals surface area contributed by atoms with Crippen molar-refractivity contribution in [2.75, 3.05) is 0 Å². The molecule has 0 saturated carbocycles. The fourth-order valence-electron chi connectivity index (χ4n) is 3.14. The molecule has 0 fully saturated rings. The molecule has 0 saturated heterocycles. The van der Waals surface area contributed by atoms with Gasteiger partial charge in [-0.25, -0.2) is 0 Å². The zero-order chi connectivity index (χ0) is 18.5. The second-order valence-corrected chi connectivity index (χ2v) is 6.51. The second-order valence-electron chi connectivity index (χ2n) is 6.51. The van der Waals surface area contributed by atoms with E-state index >= 15 is 0 Å². The lowest BCUT2D eigenvalue weighted by Crippen LogP contribution is -1.99. The number of aliphatic imine (C=N–C) groups is 1. The maximum absolute atomic E-state index is 6.16. The molecule has 132 valence electrons. The van der Waals surface area contributed by atoms with E-state index in [0.717, 1.165) is 22.6 Å². The molecule has 4 rings (SSSR count). The molecule has 0 unspecified atom stereocenters. The molecule has 0 aromatic heterocycles. The fraction of sp³-hybridized carbons (Fsp3) is 0.0800. The quantitative estimate of drug-likeness (QED) is 0.377. The molecule has 0 radical (unpaired) electrons. The van der Waals surface area contributed by atoms with Crippen LogP contribution in [0.25, 0.3) is 10.8 Å². The van der Waals surface area contributed by atoms with Crippen molar-refractivity contribution in [1.82, 2.24) is 0 Å². The molecule has 0 atom stereocenters. The molecule has 2 nitrogen and oxygen atoms in total. The van der Waals surface area contributed by atoms with Crippen LogP contribution in [-0.2, 0) is 6.61 Å². The number of fused-ring (bicyclic) bond motifs is 1. The van der Waals surface area contributed by atoms with Gasteiger partial charge in [-0.15, -0.1) is 0 Å². The maximum atomic E-state index is 6.16. The summed E-state index contributed by atoms with van der Waals surface area (Å²) in [5.41, 5.74) is 4.28. The molecule has 0 amide bonds. The normalized spacial score (nSPS) is 11.1. The summed E-state index contributed by atoms with van der Waals surface area (Å²) in [5, 5.41) is 2.46. The number of hydrogen-bond acceptors (Lipinski definition) is 2. The minimum atomic E-state index is 0.524. The standard InChI is InChI=1S/C25H21NO/c1-19-9-2-6-15-24(19)26-17-21-11-4-7-16-25(21)27-18-22-13-8-12-20-10-3-5-14-23(20)22/h2-17H,18H2,1H3. The van der Waals surface area contributed by atoms with Crippen molar-refractivity contribution in [2.45, 2.75) is 13.5 Å². The van der Waals surface area contributed by atoms with Gasteiger partial charge in [-0.3, -0.25) is 4.99 Å². The minimum absolute atomic E-state index is 0.524. The van der Waals surface area contributed by atoms with E-state index in [4.69, 9.17) is 4.74 Å². The van der Waals surface area contributed by atoms with Crippen LogP contribution in [-0.4, -0.2) is 6.21 Å². The third-order valence-corrected chi connectivity index (χ3v) is 4.64. The Balaban J connectivity index is 1.57. The van der Waals surface area contributed by atoms with E-state index in [0.29, 0.717) is 6.61 Å². The maximum Gasteiger partial charge on any atom is 0.128 e. The summed E-state index contributed by atoms with van der Waals surface area (Å²) < 4.78 is 6.16. The van der Waals surface area contributed by atoms with Gasteiger partial charge in [0.2, 0.25) is 0 Å². The second kappa shape index (κ2) is 7.88. The van der Waals surface area contributed by atoms with Crippen molar-refractivity contribution >= 4 is 22.7 Å². The number of aryl methyl sites for hydroxylation is 1. The van der Waals surface area contributed by atoms with E-state index in [1.54, 1.807) is 0 Å². The number of benzene rings is 4. The van der Waals surface area contributed by atoms with Crippen LogP contribution in [0.1, 0.15) is 16.7 Å². The van der Waals surface area contributed by atoms with Crippen LogP contribution in [0.5, 0.6) is 5.75 Å². The van der Waals surface area contributed by atoms with Crippen LogP contribution in [0.2, 0.25) is 0 Å². The predicted octanol–water partition coefficient (Wildman–Crippen LogP) is 6.48. The molecule has 2 heteroatoms. The Morgan fingerprint density at radius 2 is 1.52 bits per heavy atom. The fourth-order valence-corrected chi connectivity index (χ4v) is 3.14. The smallest absolute Gasteiger partial charge is 0.128 e. The van der Waals surface area contributed by atoms with E-state index in [2.05, 4.69) is 60.4 Å². The number of para-hydroxylation sites is 2. The first kappa shape index (κ1) is 17.0. The Kier molecular flexibility index (Phi) is 4.97. The highest BCUT2D eigenvalue weighted by Gasteiger charge is 2.04. The average Bonchev–Trinajstić information content (AvgIpc) is 2.72. The number of rotatable bonds is 5. The highest BCUT2D eigenvalue weighted by Crippen LogP contribution is 2.23. The summed E-state index contributed by atoms with van der Waals surface area (Å²) in [6.07, 6.45) is 1.88. The van der Waals surface area contributed by atoms with Crippen molar-refractivity contribution in [3.05, 3.63) is 108 Å². The topological polar surface area (TPSA) is 21.6 Å². The predicted molar refractivity (Wildman–Crippen MR) is 113 cm³/mol. The van der Waals surface area contributed by atoms with Gasteiger partial charge in [-0.1, -0.05) is 72.8 Å². The van der Waals surface area contributed by atoms with Gasteiger partial charge in [0.15, 0.2) is 0 Å². The Morgan fingerprint density at radius 3 is 2.44 bits per heavy atom. The lowest BCUT2D eigenvalue weighted by atomic mass is 10.1. The summed E-state index contributed by atoms with van der Waals surface area (Å²) in [6.45, 7) is 2.59. The summed E-state index contributed by atoms with van der Waals surface area (Å²) in [6, 6.07) is 30.8. The van der Waals surface area contributed by atoms with Gasteiger partial charge in [0.1, 0.15) is 12.4 Å². The molecule has 0 spiro atoms. The van der Waals surface area contributed by atoms with Crippen LogP contribution in [0, 0.1) is 6.92 Å². The van der Waals surface area contributed by atoms with Crippen LogP contribution in [0.15, 0.2) is 96.0 Å². The van der Waals surface area contributed by atoms with Gasteiger partial charge in [0.25, 0.3) is 0 Å². The highest BCUT2D eigenvalue weighted by molar-refractivity contribution is 5.86. The first-order chi connectivity index (χ1) is 13.3. The van der Waals surface area contributed by atoms with E-state index < -0.39 is 0 Å². The Morgan fingerprint density at radius 1 is 0.778 bits per heavy atom. The van der Waals surface area contributed by atoms with Crippen LogP contribution in [0.4, 0.5) is 5.69 Å². The van der Waals surface area contributed by atoms with Gasteiger partial charge in [0, 0.05) is 11.8 Å². The van der Waals surface area contributed by atoms with Crippen LogP contribution < -0.4 is 4.74 Å². The molecule has 0 aliphatic carbocycles. The zero-order valence-electron chi connectivity index (χ0n) is 15.3. The van der Waals surface area contributed by atoms with Gasteiger partial charge in [0.05, 0.1) is 5.69 Å². The molecule has 0 bridgehead atoms. The van der Waals surface area contributed by atoms with Crippen molar-refractivity contribution < 1.29 is 4.74 Å². The first-order valence-corrected chi connectivity index (χ1v) is 9.09. The molecule has 4 aromatic rings. The van der Waals surface area contributed by atoms with Crippen molar-refractivity contribution in [3.63, 3.8) is 0 Å². The Hall–Kier alpha value is -3.39. The molecule has 0 aliphatic heterocycles. The number of ether oxygens (including phenoxy) is 1. The first-order valence-electron chi connectivity index (χ1n) is 9.09. The summed E-state index contributed by atoms with van der Waals surface area (Å²) in [4.78, 5) is 4.64. The van der Waals surface area contributed by atoms with Gasteiger partial charge in [-0.05, 0) is 47.0 Å². The Bertz CT molecular complexity index is 1090. The van der Waals surface area contributed by atoms with Gasteiger partial charge in [-0.2, -0.15) is 0 Å². The van der Waals surface area contributed by atoms with Crippen molar-refractivity contribution in [3.8, 4) is 5.75 Å². The number of nitrogens with zero attached hydrogens (tertiary/aromatic N) is 1. The lowest BCUT2D eigenvalue weighted by molar-refractivity contribution is 0.307. The summed E-state index contributed by atoms with van der Waals surface area (Å²) >= 11 is 0. The zero-order valence-corrected chi connectivity index (χ0v) is 15.3. The van der Waals surface area contributed by atoms with E-state index in [9.17, 15) is 0 Å². The van der Waals surface area contributed by atoms with Gasteiger partial charge >= 0.3 is 0 Å². The lowest BCUT2D eigenvalue weighted by Gasteiger charge is -2.11. The number of hydrogen-bond donors (Lipinski definition) is 0. The molecule has 4 aromatic carbocycles. The third kappa shape index (κ3) is 3.90. The van der Waals surface area contributed by atoms with Crippen LogP contribution >= 0.6 is 0 Å². The summed E-state index contributed by atoms with van der Waals surface area (Å²) in [5.74, 6) is 0.836.